The summed E-state index contributed by atoms with van der Waals surface area (Å²) in [5, 5.41) is 9.51. The highest BCUT2D eigenvalue weighted by atomic mass is 79.9. The first-order valence-electron chi connectivity index (χ1n) is 6.38. The average molecular weight is 334 g/mol. The summed E-state index contributed by atoms with van der Waals surface area (Å²) < 4.78 is 0.749. The highest BCUT2D eigenvalue weighted by Gasteiger charge is 2.24. The first kappa shape index (κ1) is 14.7. The van der Waals surface area contributed by atoms with Gasteiger partial charge in [0.05, 0.1) is 5.69 Å². The summed E-state index contributed by atoms with van der Waals surface area (Å²) in [6.07, 6.45) is 2.14. The van der Waals surface area contributed by atoms with Gasteiger partial charge in [-0.3, -0.25) is 9.78 Å². The Balaban J connectivity index is 2.37. The number of pyridine rings is 1. The Hall–Kier alpha value is -1.68. The number of nitrogens with zero attached hydrogens (tertiary/aromatic N) is 1. The molecule has 0 amide bonds. The fraction of sp³-hybridized carbons (Fsp3) is 0.250. The molecule has 104 valence electrons. The van der Waals surface area contributed by atoms with E-state index in [1.165, 1.54) is 0 Å². The smallest absolute Gasteiger partial charge is 0.312 e. The Morgan fingerprint density at radius 1 is 1.35 bits per heavy atom. The van der Waals surface area contributed by atoms with Gasteiger partial charge in [0.2, 0.25) is 0 Å². The van der Waals surface area contributed by atoms with E-state index >= 15 is 0 Å². The van der Waals surface area contributed by atoms with Gasteiger partial charge in [0.15, 0.2) is 0 Å². The van der Waals surface area contributed by atoms with E-state index < -0.39 is 11.9 Å². The molecule has 1 aromatic carbocycles. The van der Waals surface area contributed by atoms with Crippen molar-refractivity contribution in [1.29, 1.82) is 0 Å². The fourth-order valence-corrected chi connectivity index (χ4v) is 2.90. The summed E-state index contributed by atoms with van der Waals surface area (Å²) in [4.78, 5) is 15.9. The first-order valence-corrected chi connectivity index (χ1v) is 7.17. The molecule has 0 bridgehead atoms. The minimum atomic E-state index is -0.856. The van der Waals surface area contributed by atoms with Gasteiger partial charge in [-0.05, 0) is 59.0 Å². The molecule has 1 unspecified atom stereocenters. The Labute approximate surface area is 126 Å². The number of aryl methyl sites for hydroxylation is 2. The van der Waals surface area contributed by atoms with Gasteiger partial charge in [0.25, 0.3) is 0 Å². The second-order valence-corrected chi connectivity index (χ2v) is 5.76. The van der Waals surface area contributed by atoms with Crippen LogP contribution < -0.4 is 0 Å². The molecule has 1 heterocycles. The number of hydrogen-bond donors (Lipinski definition) is 1. The molecule has 2 rings (SSSR count). The fourth-order valence-electron chi connectivity index (χ4n) is 2.16. The lowest BCUT2D eigenvalue weighted by atomic mass is 9.93. The van der Waals surface area contributed by atoms with Crippen LogP contribution in [0.5, 0.6) is 0 Å². The van der Waals surface area contributed by atoms with Crippen molar-refractivity contribution in [2.45, 2.75) is 26.2 Å². The van der Waals surface area contributed by atoms with E-state index in [0.29, 0.717) is 12.1 Å². The van der Waals surface area contributed by atoms with Crippen LogP contribution >= 0.6 is 15.9 Å². The maximum atomic E-state index is 11.6. The molecule has 1 atom stereocenters. The number of carboxylic acid groups (broad SMARTS) is 1. The Bertz CT molecular complexity index is 640. The number of carbonyl (C=O) groups is 1. The molecule has 20 heavy (non-hydrogen) atoms. The minimum absolute atomic E-state index is 0.441. The van der Waals surface area contributed by atoms with E-state index in [0.717, 1.165) is 21.2 Å². The van der Waals surface area contributed by atoms with Crippen molar-refractivity contribution < 1.29 is 9.90 Å². The third kappa shape index (κ3) is 3.25. The molecule has 0 saturated carbocycles. The van der Waals surface area contributed by atoms with Crippen molar-refractivity contribution in [3.63, 3.8) is 0 Å². The molecule has 3 nitrogen and oxygen atoms in total. The van der Waals surface area contributed by atoms with Gasteiger partial charge in [-0.1, -0.05) is 24.3 Å². The lowest BCUT2D eigenvalue weighted by molar-refractivity contribution is -0.138. The molecule has 0 aliphatic carbocycles. The van der Waals surface area contributed by atoms with Gasteiger partial charge >= 0.3 is 5.97 Å². The molecule has 0 radical (unpaired) electrons. The number of aromatic nitrogens is 1. The van der Waals surface area contributed by atoms with Crippen LogP contribution in [0.3, 0.4) is 0 Å². The number of halogens is 1. The van der Waals surface area contributed by atoms with Crippen molar-refractivity contribution in [1.82, 2.24) is 4.98 Å². The summed E-state index contributed by atoms with van der Waals surface area (Å²) in [7, 11) is 0. The maximum Gasteiger partial charge on any atom is 0.312 e. The molecular weight excluding hydrogens is 318 g/mol. The van der Waals surface area contributed by atoms with Crippen molar-refractivity contribution in [3.8, 4) is 0 Å². The zero-order chi connectivity index (χ0) is 14.7. The van der Waals surface area contributed by atoms with Crippen LogP contribution in [0.4, 0.5) is 0 Å². The summed E-state index contributed by atoms with van der Waals surface area (Å²) in [5.41, 5.74) is 3.71. The van der Waals surface area contributed by atoms with Crippen molar-refractivity contribution in [2.24, 2.45) is 0 Å². The first-order chi connectivity index (χ1) is 9.49. The molecule has 0 fully saturated rings. The Morgan fingerprint density at radius 3 is 2.65 bits per heavy atom. The van der Waals surface area contributed by atoms with Gasteiger partial charge in [0.1, 0.15) is 5.92 Å². The highest BCUT2D eigenvalue weighted by Crippen LogP contribution is 2.28. The molecular formula is C16H16BrNO2. The summed E-state index contributed by atoms with van der Waals surface area (Å²) in [5.74, 6) is -1.50. The SMILES string of the molecule is Cc1cnc(C(Cc2ccccc2C)C(=O)O)c(Br)c1. The quantitative estimate of drug-likeness (QED) is 0.923. The third-order valence-electron chi connectivity index (χ3n) is 3.32. The van der Waals surface area contributed by atoms with Crippen LogP contribution in [-0.2, 0) is 11.2 Å². The largest absolute Gasteiger partial charge is 0.481 e. The van der Waals surface area contributed by atoms with E-state index in [1.54, 1.807) is 6.20 Å². The second-order valence-electron chi connectivity index (χ2n) is 4.90. The summed E-state index contributed by atoms with van der Waals surface area (Å²) in [6.45, 7) is 3.92. The maximum absolute atomic E-state index is 11.6. The molecule has 0 aliphatic rings. The summed E-state index contributed by atoms with van der Waals surface area (Å²) in [6, 6.07) is 9.74. The van der Waals surface area contributed by atoms with Gasteiger partial charge < -0.3 is 5.11 Å². The van der Waals surface area contributed by atoms with E-state index in [4.69, 9.17) is 0 Å². The highest BCUT2D eigenvalue weighted by molar-refractivity contribution is 9.10. The van der Waals surface area contributed by atoms with E-state index in [9.17, 15) is 9.90 Å². The van der Waals surface area contributed by atoms with E-state index in [1.807, 2.05) is 44.2 Å². The Morgan fingerprint density at radius 2 is 2.05 bits per heavy atom. The van der Waals surface area contributed by atoms with Gasteiger partial charge in [-0.2, -0.15) is 0 Å². The predicted octanol–water partition coefficient (Wildman–Crippen LogP) is 3.87. The van der Waals surface area contributed by atoms with Crippen LogP contribution in [0.15, 0.2) is 41.0 Å². The number of rotatable bonds is 4. The molecule has 0 aliphatic heterocycles. The number of benzene rings is 1. The molecule has 4 heteroatoms. The van der Waals surface area contributed by atoms with Crippen molar-refractivity contribution >= 4 is 21.9 Å². The average Bonchev–Trinajstić information content (AvgIpc) is 2.38. The monoisotopic (exact) mass is 333 g/mol. The topological polar surface area (TPSA) is 50.2 Å². The van der Waals surface area contributed by atoms with Gasteiger partial charge in [-0.15, -0.1) is 0 Å². The van der Waals surface area contributed by atoms with Crippen LogP contribution in [-0.4, -0.2) is 16.1 Å². The standard InChI is InChI=1S/C16H16BrNO2/c1-10-7-14(17)15(18-9-10)13(16(19)20)8-12-6-4-3-5-11(12)2/h3-7,9,13H,8H2,1-2H3,(H,19,20). The van der Waals surface area contributed by atoms with Crippen LogP contribution in [0.25, 0.3) is 0 Å². The molecule has 0 saturated heterocycles. The number of aliphatic carboxylic acids is 1. The predicted molar refractivity (Wildman–Crippen MR) is 81.9 cm³/mol. The third-order valence-corrected chi connectivity index (χ3v) is 3.95. The van der Waals surface area contributed by atoms with E-state index in [-0.39, 0.29) is 0 Å². The molecule has 1 aromatic heterocycles. The second kappa shape index (κ2) is 6.18. The van der Waals surface area contributed by atoms with Crippen LogP contribution in [0.1, 0.15) is 28.3 Å². The Kier molecular flexibility index (Phi) is 4.55. The molecule has 2 aromatic rings. The minimum Gasteiger partial charge on any atom is -0.481 e. The lowest BCUT2D eigenvalue weighted by Gasteiger charge is -2.15. The molecule has 0 spiro atoms. The van der Waals surface area contributed by atoms with Crippen LogP contribution in [0, 0.1) is 13.8 Å². The van der Waals surface area contributed by atoms with Crippen LogP contribution in [0.2, 0.25) is 0 Å². The van der Waals surface area contributed by atoms with Crippen molar-refractivity contribution in [2.75, 3.05) is 0 Å². The zero-order valence-electron chi connectivity index (χ0n) is 11.4. The number of carboxylic acids is 1. The van der Waals surface area contributed by atoms with E-state index in [2.05, 4.69) is 20.9 Å². The zero-order valence-corrected chi connectivity index (χ0v) is 13.0. The lowest BCUT2D eigenvalue weighted by Crippen LogP contribution is -2.17. The summed E-state index contributed by atoms with van der Waals surface area (Å²) >= 11 is 3.42. The number of hydrogen-bond acceptors (Lipinski definition) is 2. The van der Waals surface area contributed by atoms with Gasteiger partial charge in [-0.25, -0.2) is 0 Å². The van der Waals surface area contributed by atoms with Crippen molar-refractivity contribution in [3.05, 3.63) is 63.4 Å². The molecule has 1 N–H and O–H groups in total. The van der Waals surface area contributed by atoms with Gasteiger partial charge in [0, 0.05) is 10.7 Å². The normalized spacial score (nSPS) is 12.2.